The van der Waals surface area contributed by atoms with Gasteiger partial charge in [0.1, 0.15) is 31.3 Å². The zero-order valence-corrected chi connectivity index (χ0v) is 23.3. The van der Waals surface area contributed by atoms with E-state index in [1.165, 1.54) is 6.08 Å². The third-order valence-corrected chi connectivity index (χ3v) is 5.88. The molecular weight excluding hydrogens is 500 g/mol. The molecule has 0 bridgehead atoms. The molecule has 0 aliphatic heterocycles. The van der Waals surface area contributed by atoms with Gasteiger partial charge in [-0.2, -0.15) is 0 Å². The van der Waals surface area contributed by atoms with Gasteiger partial charge < -0.3 is 18.9 Å². The number of benzene rings is 2. The molecule has 39 heavy (non-hydrogen) atoms. The molecule has 8 nitrogen and oxygen atoms in total. The highest BCUT2D eigenvalue weighted by Gasteiger charge is 2.23. The minimum atomic E-state index is -0.808. The molecule has 0 N–H and O–H groups in total. The lowest BCUT2D eigenvalue weighted by Gasteiger charge is -2.20. The topological polar surface area (TPSA) is 89.5 Å². The van der Waals surface area contributed by atoms with Crippen molar-refractivity contribution in [3.63, 3.8) is 0 Å². The van der Waals surface area contributed by atoms with Gasteiger partial charge in [-0.1, -0.05) is 63.1 Å². The molecule has 0 aliphatic carbocycles. The molecule has 212 valence electrons. The number of hydrogen-bond donors (Lipinski definition) is 0. The molecule has 0 aromatic heterocycles. The van der Waals surface area contributed by atoms with E-state index in [1.807, 2.05) is 49.4 Å². The molecular formula is C31H40O8. The highest BCUT2D eigenvalue weighted by atomic mass is 17.2. The average Bonchev–Trinajstić information content (AvgIpc) is 2.97. The summed E-state index contributed by atoms with van der Waals surface area (Å²) in [6.07, 6.45) is 9.17. The first kappa shape index (κ1) is 31.6. The fourth-order valence-electron chi connectivity index (χ4n) is 3.53. The van der Waals surface area contributed by atoms with Crippen molar-refractivity contribution in [2.24, 2.45) is 5.92 Å². The monoisotopic (exact) mass is 540 g/mol. The number of carbonyl (C=O) groups is 2. The van der Waals surface area contributed by atoms with Crippen molar-refractivity contribution in [3.05, 3.63) is 71.8 Å². The van der Waals surface area contributed by atoms with Gasteiger partial charge in [0.05, 0.1) is 20.1 Å². The molecule has 0 amide bonds. The maximum absolute atomic E-state index is 12.7. The van der Waals surface area contributed by atoms with Gasteiger partial charge in [-0.25, -0.2) is 14.6 Å². The second-order valence-corrected chi connectivity index (χ2v) is 8.79. The molecule has 0 fully saturated rings. The lowest BCUT2D eigenvalue weighted by molar-refractivity contribution is -0.300. The first-order valence-electron chi connectivity index (χ1n) is 13.2. The van der Waals surface area contributed by atoms with E-state index in [0.29, 0.717) is 6.42 Å². The molecule has 2 unspecified atom stereocenters. The molecule has 0 saturated heterocycles. The van der Waals surface area contributed by atoms with E-state index in [1.54, 1.807) is 38.5 Å². The standard InChI is InChI=1S/C31H40O8/c1-5-7-10-26(6-2)31(33)39-29(22-36-30(32)20-15-25-13-18-28(35-4)19-14-25)23-38-37-21-8-9-24-11-16-27(34-3)17-12-24/h8-9,11-20,26,29H,5-7,10,21-23H2,1-4H3/b9-8+,20-15+. The van der Waals surface area contributed by atoms with Crippen LogP contribution < -0.4 is 9.47 Å². The second-order valence-electron chi connectivity index (χ2n) is 8.79. The molecule has 0 heterocycles. The van der Waals surface area contributed by atoms with Crippen LogP contribution in [0, 0.1) is 5.92 Å². The van der Waals surface area contributed by atoms with Gasteiger partial charge in [0.15, 0.2) is 6.10 Å². The van der Waals surface area contributed by atoms with E-state index < -0.39 is 12.1 Å². The zero-order valence-electron chi connectivity index (χ0n) is 23.3. The van der Waals surface area contributed by atoms with Crippen molar-refractivity contribution in [1.29, 1.82) is 0 Å². The van der Waals surface area contributed by atoms with Gasteiger partial charge in [-0.05, 0) is 54.3 Å². The third kappa shape index (κ3) is 12.7. The Labute approximate surface area is 231 Å². The summed E-state index contributed by atoms with van der Waals surface area (Å²) < 4.78 is 21.3. The van der Waals surface area contributed by atoms with Gasteiger partial charge in [0, 0.05) is 6.08 Å². The summed E-state index contributed by atoms with van der Waals surface area (Å²) in [6, 6.07) is 14.8. The lowest BCUT2D eigenvalue weighted by Crippen LogP contribution is -2.32. The molecule has 2 aromatic carbocycles. The first-order valence-corrected chi connectivity index (χ1v) is 13.2. The van der Waals surface area contributed by atoms with E-state index in [2.05, 4.69) is 6.92 Å². The average molecular weight is 541 g/mol. The van der Waals surface area contributed by atoms with E-state index in [-0.39, 0.29) is 31.7 Å². The normalized spacial score (nSPS) is 12.8. The smallest absolute Gasteiger partial charge is 0.330 e. The number of hydrogen-bond acceptors (Lipinski definition) is 8. The molecule has 0 radical (unpaired) electrons. The molecule has 8 heteroatoms. The Morgan fingerprint density at radius 3 is 2.00 bits per heavy atom. The number of rotatable bonds is 18. The summed E-state index contributed by atoms with van der Waals surface area (Å²) >= 11 is 0. The van der Waals surface area contributed by atoms with Gasteiger partial charge in [-0.3, -0.25) is 4.79 Å². The Morgan fingerprint density at radius 1 is 0.821 bits per heavy atom. The Kier molecular flexibility index (Phi) is 15.1. The quantitative estimate of drug-likeness (QED) is 0.0742. The molecule has 2 atom stereocenters. The summed E-state index contributed by atoms with van der Waals surface area (Å²) in [5, 5.41) is 0. The molecule has 0 saturated carbocycles. The van der Waals surface area contributed by atoms with Crippen LogP contribution in [-0.4, -0.2) is 52.1 Å². The minimum Gasteiger partial charge on any atom is -0.497 e. The number of unbranched alkanes of at least 4 members (excludes halogenated alkanes) is 1. The van der Waals surface area contributed by atoms with Gasteiger partial charge in [0.25, 0.3) is 0 Å². The van der Waals surface area contributed by atoms with Crippen LogP contribution in [-0.2, 0) is 28.8 Å². The molecule has 2 rings (SSSR count). The number of ether oxygens (including phenoxy) is 4. The molecule has 2 aromatic rings. The fraction of sp³-hybridized carbons (Fsp3) is 0.419. The van der Waals surface area contributed by atoms with Crippen molar-refractivity contribution < 1.29 is 38.3 Å². The van der Waals surface area contributed by atoms with Crippen molar-refractivity contribution in [2.75, 3.05) is 34.0 Å². The number of methoxy groups -OCH3 is 2. The van der Waals surface area contributed by atoms with Crippen LogP contribution in [0.2, 0.25) is 0 Å². The van der Waals surface area contributed by atoms with E-state index in [0.717, 1.165) is 41.9 Å². The lowest BCUT2D eigenvalue weighted by atomic mass is 10.00. The summed E-state index contributed by atoms with van der Waals surface area (Å²) in [4.78, 5) is 35.5. The maximum atomic E-state index is 12.7. The van der Waals surface area contributed by atoms with Crippen LogP contribution in [0.4, 0.5) is 0 Å². The van der Waals surface area contributed by atoms with Crippen LogP contribution >= 0.6 is 0 Å². The number of carbonyl (C=O) groups excluding carboxylic acids is 2. The van der Waals surface area contributed by atoms with Gasteiger partial charge in [0.2, 0.25) is 0 Å². The second kappa shape index (κ2) is 18.6. The first-order chi connectivity index (χ1) is 19.0. The Hall–Kier alpha value is -3.62. The Morgan fingerprint density at radius 2 is 1.44 bits per heavy atom. The Bertz CT molecular complexity index is 1030. The minimum absolute atomic E-state index is 0.0815. The molecule has 0 spiro atoms. The van der Waals surface area contributed by atoms with Crippen LogP contribution in [0.3, 0.4) is 0 Å². The van der Waals surface area contributed by atoms with Crippen molar-refractivity contribution >= 4 is 24.1 Å². The van der Waals surface area contributed by atoms with Crippen LogP contribution in [0.25, 0.3) is 12.2 Å². The predicted octanol–water partition coefficient (Wildman–Crippen LogP) is 6.05. The van der Waals surface area contributed by atoms with Crippen LogP contribution in [0.5, 0.6) is 11.5 Å². The third-order valence-electron chi connectivity index (χ3n) is 5.88. The van der Waals surface area contributed by atoms with E-state index in [9.17, 15) is 9.59 Å². The predicted molar refractivity (Wildman–Crippen MR) is 150 cm³/mol. The molecule has 0 aliphatic rings. The summed E-state index contributed by atoms with van der Waals surface area (Å²) in [5.74, 6) is 0.398. The van der Waals surface area contributed by atoms with Crippen molar-refractivity contribution in [2.45, 2.75) is 45.6 Å². The highest BCUT2D eigenvalue weighted by Crippen LogP contribution is 2.16. The van der Waals surface area contributed by atoms with E-state index in [4.69, 9.17) is 28.7 Å². The van der Waals surface area contributed by atoms with Crippen molar-refractivity contribution in [1.82, 2.24) is 0 Å². The van der Waals surface area contributed by atoms with E-state index >= 15 is 0 Å². The SMILES string of the molecule is CCCCC(CC)C(=O)OC(COOC/C=C/c1ccc(OC)cc1)COC(=O)/C=C/c1ccc(OC)cc1. The summed E-state index contributed by atoms with van der Waals surface area (Å²) in [6.45, 7) is 3.98. The van der Waals surface area contributed by atoms with Crippen molar-refractivity contribution in [3.8, 4) is 11.5 Å². The Balaban J connectivity index is 1.88. The van der Waals surface area contributed by atoms with Crippen LogP contribution in [0.15, 0.2) is 60.7 Å². The van der Waals surface area contributed by atoms with Gasteiger partial charge >= 0.3 is 11.9 Å². The largest absolute Gasteiger partial charge is 0.497 e. The van der Waals surface area contributed by atoms with Gasteiger partial charge in [-0.15, -0.1) is 0 Å². The summed E-state index contributed by atoms with van der Waals surface area (Å²) in [7, 11) is 3.21. The fourth-order valence-corrected chi connectivity index (χ4v) is 3.53. The summed E-state index contributed by atoms with van der Waals surface area (Å²) in [5.41, 5.74) is 1.80. The zero-order chi connectivity index (χ0) is 28.3. The highest BCUT2D eigenvalue weighted by molar-refractivity contribution is 5.87. The maximum Gasteiger partial charge on any atom is 0.330 e. The number of esters is 2. The van der Waals surface area contributed by atoms with Crippen LogP contribution in [0.1, 0.15) is 50.7 Å².